The number of rotatable bonds is 2. The van der Waals surface area contributed by atoms with Crippen molar-refractivity contribution in [3.05, 3.63) is 29.3 Å². The first-order valence-corrected chi connectivity index (χ1v) is 8.36. The largest absolute Gasteiger partial charge is 0.497 e. The highest BCUT2D eigenvalue weighted by Crippen LogP contribution is 2.57. The summed E-state index contributed by atoms with van der Waals surface area (Å²) in [5.41, 5.74) is -0.105. The molecule has 1 aromatic rings. The number of hydrogen-bond donors (Lipinski definition) is 1. The van der Waals surface area contributed by atoms with Gasteiger partial charge < -0.3 is 14.6 Å². The molecule has 1 fully saturated rings. The van der Waals surface area contributed by atoms with Gasteiger partial charge in [-0.1, -0.05) is 12.0 Å². The molecular formula is C20H24O4. The lowest BCUT2D eigenvalue weighted by Gasteiger charge is -2.53. The molecule has 4 heteroatoms. The van der Waals surface area contributed by atoms with Gasteiger partial charge in [0.2, 0.25) is 0 Å². The van der Waals surface area contributed by atoms with E-state index in [0.29, 0.717) is 6.42 Å². The normalized spacial score (nSPS) is 34.5. The Bertz CT molecular complexity index is 704. The highest BCUT2D eigenvalue weighted by Gasteiger charge is 2.61. The third-order valence-corrected chi connectivity index (χ3v) is 6.15. The molecule has 0 spiro atoms. The summed E-state index contributed by atoms with van der Waals surface area (Å²) in [6, 6.07) is 6.08. The van der Waals surface area contributed by atoms with E-state index in [9.17, 15) is 9.90 Å². The van der Waals surface area contributed by atoms with Crippen molar-refractivity contribution in [2.45, 2.75) is 44.1 Å². The van der Waals surface area contributed by atoms with Crippen molar-refractivity contribution >= 4 is 5.97 Å². The van der Waals surface area contributed by atoms with Crippen molar-refractivity contribution in [1.82, 2.24) is 0 Å². The van der Waals surface area contributed by atoms with E-state index in [1.807, 2.05) is 6.07 Å². The molecule has 2 aliphatic carbocycles. The summed E-state index contributed by atoms with van der Waals surface area (Å²) >= 11 is 0. The number of benzene rings is 1. The van der Waals surface area contributed by atoms with Crippen LogP contribution in [0.3, 0.4) is 0 Å². The van der Waals surface area contributed by atoms with Crippen molar-refractivity contribution in [1.29, 1.82) is 0 Å². The van der Waals surface area contributed by atoms with Crippen LogP contribution in [0.4, 0.5) is 0 Å². The summed E-state index contributed by atoms with van der Waals surface area (Å²) in [7, 11) is 3.01. The van der Waals surface area contributed by atoms with Crippen LogP contribution in [0.1, 0.15) is 43.2 Å². The van der Waals surface area contributed by atoms with E-state index in [-0.39, 0.29) is 11.8 Å². The second-order valence-corrected chi connectivity index (χ2v) is 7.09. The van der Waals surface area contributed by atoms with Gasteiger partial charge in [-0.2, -0.15) is 0 Å². The van der Waals surface area contributed by atoms with Crippen molar-refractivity contribution < 1.29 is 19.4 Å². The molecule has 1 aromatic carbocycles. The predicted molar refractivity (Wildman–Crippen MR) is 90.7 cm³/mol. The van der Waals surface area contributed by atoms with Crippen LogP contribution in [0.15, 0.2) is 18.2 Å². The zero-order valence-electron chi connectivity index (χ0n) is 14.5. The van der Waals surface area contributed by atoms with Gasteiger partial charge in [-0.25, -0.2) is 0 Å². The molecule has 0 radical (unpaired) electrons. The van der Waals surface area contributed by atoms with Gasteiger partial charge in [0, 0.05) is 5.92 Å². The molecule has 0 bridgehead atoms. The minimum Gasteiger partial charge on any atom is -0.497 e. The topological polar surface area (TPSA) is 55.8 Å². The summed E-state index contributed by atoms with van der Waals surface area (Å²) in [5, 5.41) is 11.4. The van der Waals surface area contributed by atoms with Gasteiger partial charge in [0.1, 0.15) is 16.8 Å². The molecule has 24 heavy (non-hydrogen) atoms. The molecule has 1 saturated carbocycles. The number of carbonyl (C=O) groups is 1. The molecule has 0 amide bonds. The Morgan fingerprint density at radius 2 is 2.12 bits per heavy atom. The van der Waals surface area contributed by atoms with E-state index in [2.05, 4.69) is 18.1 Å². The van der Waals surface area contributed by atoms with Gasteiger partial charge in [0.25, 0.3) is 0 Å². The van der Waals surface area contributed by atoms with Crippen molar-refractivity contribution in [2.24, 2.45) is 11.3 Å². The van der Waals surface area contributed by atoms with E-state index >= 15 is 0 Å². The Balaban J connectivity index is 2.04. The average molecular weight is 328 g/mol. The molecule has 0 aliphatic heterocycles. The average Bonchev–Trinajstić information content (AvgIpc) is 2.62. The first-order valence-electron chi connectivity index (χ1n) is 8.36. The maximum atomic E-state index is 12.4. The molecule has 0 heterocycles. The Morgan fingerprint density at radius 3 is 2.75 bits per heavy atom. The molecule has 4 nitrogen and oxygen atoms in total. The number of carbonyl (C=O) groups excluding carboxylic acids is 1. The highest BCUT2D eigenvalue weighted by atomic mass is 16.5. The minimum atomic E-state index is -1.50. The lowest BCUT2D eigenvalue weighted by Crippen LogP contribution is -2.60. The molecular weight excluding hydrogens is 304 g/mol. The number of esters is 1. The summed E-state index contributed by atoms with van der Waals surface area (Å²) in [6.45, 7) is 1.73. The van der Waals surface area contributed by atoms with Crippen molar-refractivity contribution in [2.75, 3.05) is 14.2 Å². The Kier molecular flexibility index (Phi) is 4.09. The molecule has 2 aliphatic rings. The zero-order chi connectivity index (χ0) is 17.5. The van der Waals surface area contributed by atoms with E-state index in [0.717, 1.165) is 25.0 Å². The molecule has 0 saturated heterocycles. The van der Waals surface area contributed by atoms with Crippen LogP contribution in [0.2, 0.25) is 0 Å². The quantitative estimate of drug-likeness (QED) is 0.670. The third kappa shape index (κ3) is 2.15. The Morgan fingerprint density at radius 1 is 1.38 bits per heavy atom. The van der Waals surface area contributed by atoms with Crippen LogP contribution in [-0.4, -0.2) is 30.9 Å². The predicted octanol–water partition coefficient (Wildman–Crippen LogP) is 2.68. The number of terminal acetylenes is 1. The fraction of sp³-hybridized carbons (Fsp3) is 0.550. The second kappa shape index (κ2) is 5.82. The number of methoxy groups -OCH3 is 2. The van der Waals surface area contributed by atoms with Crippen LogP contribution < -0.4 is 4.74 Å². The van der Waals surface area contributed by atoms with E-state index in [1.54, 1.807) is 14.0 Å². The summed E-state index contributed by atoms with van der Waals surface area (Å²) in [6.07, 6.45) is 8.63. The van der Waals surface area contributed by atoms with Crippen LogP contribution in [0, 0.1) is 23.7 Å². The van der Waals surface area contributed by atoms with Gasteiger partial charge >= 0.3 is 5.97 Å². The van der Waals surface area contributed by atoms with Crippen LogP contribution in [0.25, 0.3) is 0 Å². The van der Waals surface area contributed by atoms with Crippen molar-refractivity contribution in [3.63, 3.8) is 0 Å². The fourth-order valence-corrected chi connectivity index (χ4v) is 4.67. The van der Waals surface area contributed by atoms with Gasteiger partial charge in [0.05, 0.1) is 14.2 Å². The van der Waals surface area contributed by atoms with Gasteiger partial charge in [0.15, 0.2) is 0 Å². The molecule has 0 aromatic heterocycles. The fourth-order valence-electron chi connectivity index (χ4n) is 4.67. The molecule has 0 unspecified atom stereocenters. The van der Waals surface area contributed by atoms with Gasteiger partial charge in [-0.05, 0) is 61.8 Å². The van der Waals surface area contributed by atoms with E-state index in [1.165, 1.54) is 18.2 Å². The van der Waals surface area contributed by atoms with Crippen LogP contribution in [-0.2, 0) is 16.0 Å². The van der Waals surface area contributed by atoms with Crippen LogP contribution >= 0.6 is 0 Å². The number of fused-ring (bicyclic) bond motifs is 3. The monoisotopic (exact) mass is 328 g/mol. The van der Waals surface area contributed by atoms with Crippen molar-refractivity contribution in [3.8, 4) is 18.1 Å². The first-order chi connectivity index (χ1) is 11.4. The SMILES string of the molecule is C#C[C@@]1(O)[C@H]2CCc3cc(OC)ccc3[C@H]2CC[C@@]1(C)C(=O)OC. The number of hydrogen-bond acceptors (Lipinski definition) is 4. The maximum Gasteiger partial charge on any atom is 0.315 e. The Hall–Kier alpha value is -1.99. The zero-order valence-corrected chi connectivity index (χ0v) is 14.5. The first kappa shape index (κ1) is 16.9. The lowest BCUT2D eigenvalue weighted by atomic mass is 9.52. The van der Waals surface area contributed by atoms with E-state index < -0.39 is 17.0 Å². The molecule has 1 N–H and O–H groups in total. The summed E-state index contributed by atoms with van der Waals surface area (Å²) in [5.74, 6) is 2.98. The van der Waals surface area contributed by atoms with Gasteiger partial charge in [-0.15, -0.1) is 6.42 Å². The second-order valence-electron chi connectivity index (χ2n) is 7.09. The highest BCUT2D eigenvalue weighted by molar-refractivity contribution is 5.79. The maximum absolute atomic E-state index is 12.4. The molecule has 128 valence electrons. The van der Waals surface area contributed by atoms with Crippen LogP contribution in [0.5, 0.6) is 5.75 Å². The summed E-state index contributed by atoms with van der Waals surface area (Å²) in [4.78, 5) is 12.4. The lowest BCUT2D eigenvalue weighted by molar-refractivity contribution is -0.179. The standard InChI is InChI=1S/C20H24O4/c1-5-20(22)17-9-6-13-12-14(23-3)7-8-15(13)16(17)10-11-19(20,2)18(21)24-4/h1,7-8,12,16-17,22H,6,9-11H2,2-4H3/t16-,17+,19+,20-/m1/s1. The smallest absolute Gasteiger partial charge is 0.315 e. The molecule has 3 rings (SSSR count). The van der Waals surface area contributed by atoms with Gasteiger partial charge in [-0.3, -0.25) is 4.79 Å². The van der Waals surface area contributed by atoms with E-state index in [4.69, 9.17) is 15.9 Å². The number of aryl methyl sites for hydroxylation is 1. The minimum absolute atomic E-state index is 0.151. The Labute approximate surface area is 143 Å². The summed E-state index contributed by atoms with van der Waals surface area (Å²) < 4.78 is 10.3. The number of aliphatic hydroxyl groups is 1. The third-order valence-electron chi connectivity index (χ3n) is 6.15. The molecule has 4 atom stereocenters. The number of ether oxygens (including phenoxy) is 2.